The van der Waals surface area contributed by atoms with Gasteiger partial charge in [-0.05, 0) is 0 Å². The molecule has 1 heteroatoms. The Kier molecular flexibility index (Phi) is 66900. The van der Waals surface area contributed by atoms with E-state index in [1.54, 1.807) is 7.05 Å². The molecule has 0 aromatic heterocycles. The maximum Gasteiger partial charge on any atom is 0.0634 e. The van der Waals surface area contributed by atoms with Crippen molar-refractivity contribution < 1.29 is 5.73 Å². The zero-order valence-electron chi connectivity index (χ0n) is 1.71. The van der Waals surface area contributed by atoms with Crippen molar-refractivity contribution in [2.75, 3.05) is 7.05 Å². The lowest BCUT2D eigenvalue weighted by Crippen LogP contribution is -2.40. The molecule has 0 aromatic rings. The summed E-state index contributed by atoms with van der Waals surface area (Å²) in [5.74, 6) is 0. The summed E-state index contributed by atoms with van der Waals surface area (Å²) < 4.78 is 0. The van der Waals surface area contributed by atoms with Crippen molar-refractivity contribution >= 4 is 0 Å². The topological polar surface area (TPSA) is 27.6 Å². The van der Waals surface area contributed by atoms with Gasteiger partial charge in [0, 0.05) is 0 Å². The fourth-order valence-corrected chi connectivity index (χ4v) is 0. The van der Waals surface area contributed by atoms with Gasteiger partial charge in [0.2, 0.25) is 0 Å². The van der Waals surface area contributed by atoms with E-state index < -0.39 is 0 Å². The Labute approximate surface area is 28.8 Å². The second-order valence-corrected chi connectivity index (χ2v) is 0. The van der Waals surface area contributed by atoms with E-state index in [2.05, 4.69) is 5.73 Å². The lowest BCUT2D eigenvalue weighted by molar-refractivity contribution is -0.325. The van der Waals surface area contributed by atoms with Gasteiger partial charge in [-0.3, -0.25) is 0 Å². The molecule has 0 rings (SSSR count). The zero-order chi connectivity index (χ0) is 2.00. The van der Waals surface area contributed by atoms with Gasteiger partial charge in [0.1, 0.15) is 0 Å². The highest BCUT2D eigenvalue weighted by Crippen LogP contribution is 0.251. The quantitative estimate of drug-likeness (QED) is 0.414. The lowest BCUT2D eigenvalue weighted by Gasteiger charge is -1.17. The molecule has 0 atom stereocenters. The van der Waals surface area contributed by atoms with E-state index in [0.29, 0.717) is 0 Å². The van der Waals surface area contributed by atoms with Crippen molar-refractivity contribution in [3.8, 4) is 0 Å². The molecule has 0 unspecified atom stereocenters. The molecule has 0 heterocycles. The summed E-state index contributed by atoms with van der Waals surface area (Å²) in [5, 5.41) is 0. The van der Waals surface area contributed by atoms with E-state index in [0.717, 1.165) is 0 Å². The first-order chi connectivity index (χ1) is 1.00. The summed E-state index contributed by atoms with van der Waals surface area (Å²) in [6.45, 7) is 0. The van der Waals surface area contributed by atoms with Crippen LogP contribution in [0.15, 0.2) is 0 Å². The molecule has 0 aliphatic rings. The molecule has 0 radical (unpaired) electrons. The third-order valence-corrected chi connectivity index (χ3v) is 0. The Morgan fingerprint density at radius 2 is 1.00 bits per heavy atom. The Morgan fingerprint density at radius 1 is 1.00 bits per heavy atom. The molecular formula is C3H14N+. The highest BCUT2D eigenvalue weighted by molar-refractivity contribution is 3.08. The average Bonchev–Trinajstić information content (AvgIpc) is 1.00. The third kappa shape index (κ3) is 1130. The van der Waals surface area contributed by atoms with E-state index >= 15 is 0 Å². The van der Waals surface area contributed by atoms with Crippen LogP contribution in [0.25, 0.3) is 0 Å². The Morgan fingerprint density at radius 3 is 1.00 bits per heavy atom. The summed E-state index contributed by atoms with van der Waals surface area (Å²) in [5.41, 5.74) is 3.25. The van der Waals surface area contributed by atoms with Gasteiger partial charge in [-0.2, -0.15) is 0 Å². The molecule has 0 fully saturated rings. The van der Waals surface area contributed by atoms with Crippen molar-refractivity contribution in [2.45, 2.75) is 14.9 Å². The molecule has 0 amide bonds. The molecule has 4 heavy (non-hydrogen) atoms. The number of hydrogen-bond acceptors (Lipinski definition) is 0. The van der Waals surface area contributed by atoms with Gasteiger partial charge < -0.3 is 5.73 Å². The molecule has 0 aliphatic heterocycles. The molecule has 0 aliphatic carbocycles. The monoisotopic (exact) mass is 64.1 g/mol. The van der Waals surface area contributed by atoms with Crippen molar-refractivity contribution in [3.63, 3.8) is 0 Å². The van der Waals surface area contributed by atoms with Gasteiger partial charge in [-0.25, -0.2) is 0 Å². The second-order valence-electron chi connectivity index (χ2n) is 0. The molecular weight excluding hydrogens is 50.0 g/mol. The fraction of sp³-hybridized carbons (Fsp3) is 1.00. The van der Waals surface area contributed by atoms with Gasteiger partial charge in [-0.1, -0.05) is 14.9 Å². The summed E-state index contributed by atoms with van der Waals surface area (Å²) in [6.07, 6.45) is 0. The smallest absolute Gasteiger partial charge is 0.0634 e. The van der Waals surface area contributed by atoms with Crippen LogP contribution in [0.1, 0.15) is 14.9 Å². The molecule has 30 valence electrons. The largest absolute Gasteiger partial charge is 0.360 e. The van der Waals surface area contributed by atoms with Crippen LogP contribution in [0.4, 0.5) is 0 Å². The molecule has 3 N–H and O–H groups in total. The maximum absolute atomic E-state index is 3.25. The predicted octanol–water partition coefficient (Wildman–Crippen LogP) is 0.130. The summed E-state index contributed by atoms with van der Waals surface area (Å²) >= 11 is 0. The van der Waals surface area contributed by atoms with E-state index in [1.165, 1.54) is 0 Å². The van der Waals surface area contributed by atoms with E-state index in [1.807, 2.05) is 0 Å². The highest BCUT2D eigenvalue weighted by Gasteiger charge is 0.874. The van der Waals surface area contributed by atoms with Crippen LogP contribution in [-0.2, 0) is 0 Å². The Balaban J connectivity index is -0.00000000500. The van der Waals surface area contributed by atoms with Crippen LogP contribution in [0.3, 0.4) is 0 Å². The number of hydrogen-bond donors (Lipinski definition) is 1. The Bertz CT molecular complexity index is 3.25. The minimum Gasteiger partial charge on any atom is -0.360 e. The van der Waals surface area contributed by atoms with Crippen molar-refractivity contribution in [1.29, 1.82) is 0 Å². The van der Waals surface area contributed by atoms with E-state index in [-0.39, 0.29) is 14.9 Å². The highest BCUT2D eigenvalue weighted by atomic mass is 14.4. The second kappa shape index (κ2) is 7110. The van der Waals surface area contributed by atoms with Crippen LogP contribution in [0, 0.1) is 0 Å². The van der Waals surface area contributed by atoms with Gasteiger partial charge in [0.15, 0.2) is 0 Å². The average molecular weight is 64.2 g/mol. The van der Waals surface area contributed by atoms with Gasteiger partial charge in [-0.15, -0.1) is 0 Å². The molecule has 0 aromatic carbocycles. The SMILES string of the molecule is C.C.C[NH3+]. The van der Waals surface area contributed by atoms with Crippen LogP contribution < -0.4 is 5.73 Å². The van der Waals surface area contributed by atoms with Gasteiger partial charge >= 0.3 is 0 Å². The van der Waals surface area contributed by atoms with E-state index in [9.17, 15) is 0 Å². The van der Waals surface area contributed by atoms with Crippen LogP contribution in [-0.4, -0.2) is 7.05 Å². The maximum atomic E-state index is 3.25. The molecule has 0 saturated heterocycles. The summed E-state index contributed by atoms with van der Waals surface area (Å²) in [4.78, 5) is 0. The predicted molar refractivity (Wildman–Crippen MR) is 22.3 cm³/mol. The van der Waals surface area contributed by atoms with Crippen LogP contribution in [0.5, 0.6) is 0 Å². The summed E-state index contributed by atoms with van der Waals surface area (Å²) in [7, 11) is 1.75. The molecule has 0 spiro atoms. The van der Waals surface area contributed by atoms with Gasteiger partial charge in [0.25, 0.3) is 0 Å². The Hall–Kier alpha value is -0.0400. The van der Waals surface area contributed by atoms with Gasteiger partial charge in [0.05, 0.1) is 7.05 Å². The van der Waals surface area contributed by atoms with Crippen LogP contribution in [0.2, 0.25) is 0 Å². The van der Waals surface area contributed by atoms with Crippen molar-refractivity contribution in [1.82, 2.24) is 0 Å². The first-order valence-electron chi connectivity index (χ1n) is 0.707. The van der Waals surface area contributed by atoms with Crippen LogP contribution >= 0.6 is 0 Å². The first-order valence-corrected chi connectivity index (χ1v) is 0.707. The summed E-state index contributed by atoms with van der Waals surface area (Å²) in [6, 6.07) is 0. The third-order valence-electron chi connectivity index (χ3n) is 0. The molecule has 1 nitrogen and oxygen atoms in total. The molecule has 0 saturated carbocycles. The number of quaternary nitrogens is 1. The zero-order valence-corrected chi connectivity index (χ0v) is 1.71. The minimum atomic E-state index is 0. The molecule has 0 bridgehead atoms. The standard InChI is InChI=1S/CH5N.2CH4/c1-2;;/h2H2,1H3;2*1H4/p+1. The van der Waals surface area contributed by atoms with Crippen molar-refractivity contribution in [2.24, 2.45) is 0 Å². The first kappa shape index (κ1) is 37.6. The fourth-order valence-electron chi connectivity index (χ4n) is 0. The lowest BCUT2D eigenvalue weighted by atomic mass is 11.6. The van der Waals surface area contributed by atoms with Crippen molar-refractivity contribution in [3.05, 3.63) is 0 Å². The normalized spacial score (nSPS) is 1.50. The minimum absolute atomic E-state index is 0. The number of rotatable bonds is 0. The van der Waals surface area contributed by atoms with E-state index in [4.69, 9.17) is 0 Å².